The lowest BCUT2D eigenvalue weighted by Gasteiger charge is -2.29. The molecule has 1 aliphatic heterocycles. The number of nitrogens with one attached hydrogen (secondary N) is 1. The van der Waals surface area contributed by atoms with Gasteiger partial charge in [-0.2, -0.15) is 0 Å². The topological polar surface area (TPSA) is 41.6 Å². The lowest BCUT2D eigenvalue weighted by atomic mass is 10.2. The van der Waals surface area contributed by atoms with Gasteiger partial charge in [0.05, 0.1) is 19.3 Å². The Morgan fingerprint density at radius 2 is 2.05 bits per heavy atom. The maximum absolute atomic E-state index is 12.2. The van der Waals surface area contributed by atoms with Crippen LogP contribution >= 0.6 is 11.8 Å². The third-order valence-corrected chi connectivity index (χ3v) is 4.27. The number of morpholine rings is 1. The minimum Gasteiger partial charge on any atom is -0.378 e. The first kappa shape index (κ1) is 15.4. The third kappa shape index (κ3) is 4.81. The molecule has 1 aromatic carbocycles. The van der Waals surface area contributed by atoms with E-state index in [0.29, 0.717) is 26.3 Å². The predicted molar refractivity (Wildman–Crippen MR) is 82.0 cm³/mol. The molecule has 1 fully saturated rings. The molecule has 2 rings (SSSR count). The maximum Gasteiger partial charge on any atom is 0.239 e. The Labute approximate surface area is 124 Å². The first-order valence-electron chi connectivity index (χ1n) is 7.05. The fraction of sp³-hybridized carbons (Fsp3) is 0.533. The van der Waals surface area contributed by atoms with Gasteiger partial charge < -0.3 is 15.0 Å². The fourth-order valence-corrected chi connectivity index (χ4v) is 2.91. The molecule has 0 aromatic heterocycles. The van der Waals surface area contributed by atoms with Crippen LogP contribution < -0.4 is 5.32 Å². The number of nitrogens with zero attached hydrogens (tertiary/aromatic N) is 1. The van der Waals surface area contributed by atoms with Crippen LogP contribution in [0.3, 0.4) is 0 Å². The van der Waals surface area contributed by atoms with Crippen molar-refractivity contribution in [2.75, 3.05) is 38.6 Å². The highest BCUT2D eigenvalue weighted by atomic mass is 32.2. The summed E-state index contributed by atoms with van der Waals surface area (Å²) < 4.78 is 5.26. The largest absolute Gasteiger partial charge is 0.378 e. The van der Waals surface area contributed by atoms with E-state index in [-0.39, 0.29) is 11.9 Å². The molecular formula is C15H22N2O2S. The molecule has 1 N–H and O–H groups in total. The van der Waals surface area contributed by atoms with Gasteiger partial charge in [-0.1, -0.05) is 18.2 Å². The Morgan fingerprint density at radius 3 is 2.75 bits per heavy atom. The predicted octanol–water partition coefficient (Wildman–Crippen LogP) is 1.62. The van der Waals surface area contributed by atoms with Gasteiger partial charge in [0, 0.05) is 30.3 Å². The van der Waals surface area contributed by atoms with E-state index in [0.717, 1.165) is 12.3 Å². The van der Waals surface area contributed by atoms with E-state index in [4.69, 9.17) is 4.74 Å². The second-order valence-electron chi connectivity index (χ2n) is 4.77. The molecule has 0 spiro atoms. The van der Waals surface area contributed by atoms with Gasteiger partial charge in [0.25, 0.3) is 0 Å². The number of hydrogen-bond donors (Lipinski definition) is 1. The van der Waals surface area contributed by atoms with Gasteiger partial charge in [0.15, 0.2) is 0 Å². The molecule has 1 atom stereocenters. The first-order valence-corrected chi connectivity index (χ1v) is 8.03. The molecule has 20 heavy (non-hydrogen) atoms. The number of benzene rings is 1. The van der Waals surface area contributed by atoms with Crippen molar-refractivity contribution in [3.05, 3.63) is 30.3 Å². The number of carbonyl (C=O) groups excluding carboxylic acids is 1. The summed E-state index contributed by atoms with van der Waals surface area (Å²) in [6.07, 6.45) is 0. The normalized spacial score (nSPS) is 16.9. The lowest BCUT2D eigenvalue weighted by Crippen LogP contribution is -2.49. The van der Waals surface area contributed by atoms with E-state index >= 15 is 0 Å². The number of carbonyl (C=O) groups is 1. The number of ether oxygens (including phenoxy) is 1. The molecule has 5 heteroatoms. The Kier molecular flexibility index (Phi) is 6.36. The zero-order valence-corrected chi connectivity index (χ0v) is 12.7. The van der Waals surface area contributed by atoms with Crippen LogP contribution in [0.4, 0.5) is 0 Å². The van der Waals surface area contributed by atoms with Crippen molar-refractivity contribution in [1.29, 1.82) is 0 Å². The van der Waals surface area contributed by atoms with E-state index in [1.54, 1.807) is 11.8 Å². The Balaban J connectivity index is 1.64. The van der Waals surface area contributed by atoms with Crippen molar-refractivity contribution in [1.82, 2.24) is 10.2 Å². The molecule has 0 radical (unpaired) electrons. The summed E-state index contributed by atoms with van der Waals surface area (Å²) in [4.78, 5) is 15.3. The second-order valence-corrected chi connectivity index (χ2v) is 5.94. The Bertz CT molecular complexity index is 408. The van der Waals surface area contributed by atoms with Gasteiger partial charge in [-0.25, -0.2) is 0 Å². The standard InChI is InChI=1S/C15H22N2O2S/c1-13(15(18)17-8-10-19-11-9-17)16-7-12-20-14-5-3-2-4-6-14/h2-6,13,16H,7-12H2,1H3. The van der Waals surface area contributed by atoms with Crippen LogP contribution in [0.1, 0.15) is 6.92 Å². The summed E-state index contributed by atoms with van der Waals surface area (Å²) >= 11 is 1.80. The van der Waals surface area contributed by atoms with Gasteiger partial charge in [0.1, 0.15) is 0 Å². The first-order chi connectivity index (χ1) is 9.77. The third-order valence-electron chi connectivity index (χ3n) is 3.26. The molecular weight excluding hydrogens is 272 g/mol. The summed E-state index contributed by atoms with van der Waals surface area (Å²) in [7, 11) is 0. The summed E-state index contributed by atoms with van der Waals surface area (Å²) in [6, 6.07) is 10.2. The molecule has 1 unspecified atom stereocenters. The molecule has 1 aliphatic rings. The number of amides is 1. The highest BCUT2D eigenvalue weighted by molar-refractivity contribution is 7.99. The van der Waals surface area contributed by atoms with Crippen LogP contribution in [0.2, 0.25) is 0 Å². The zero-order chi connectivity index (χ0) is 14.2. The van der Waals surface area contributed by atoms with Gasteiger partial charge in [0.2, 0.25) is 5.91 Å². The lowest BCUT2D eigenvalue weighted by molar-refractivity contribution is -0.137. The Hall–Kier alpha value is -1.04. The Morgan fingerprint density at radius 1 is 1.35 bits per heavy atom. The van der Waals surface area contributed by atoms with Gasteiger partial charge >= 0.3 is 0 Å². The number of rotatable bonds is 6. The molecule has 1 saturated heterocycles. The van der Waals surface area contributed by atoms with Gasteiger partial charge in [-0.15, -0.1) is 11.8 Å². The molecule has 0 saturated carbocycles. The molecule has 1 heterocycles. The smallest absolute Gasteiger partial charge is 0.239 e. The maximum atomic E-state index is 12.2. The quantitative estimate of drug-likeness (QED) is 0.639. The molecule has 1 aromatic rings. The van der Waals surface area contributed by atoms with Crippen LogP contribution in [0, 0.1) is 0 Å². The van der Waals surface area contributed by atoms with Crippen molar-refractivity contribution in [2.24, 2.45) is 0 Å². The van der Waals surface area contributed by atoms with Crippen molar-refractivity contribution < 1.29 is 9.53 Å². The molecule has 110 valence electrons. The highest BCUT2D eigenvalue weighted by Crippen LogP contribution is 2.15. The van der Waals surface area contributed by atoms with Crippen LogP contribution in [0.25, 0.3) is 0 Å². The van der Waals surface area contributed by atoms with Gasteiger partial charge in [-0.05, 0) is 19.1 Å². The summed E-state index contributed by atoms with van der Waals surface area (Å²) in [5.41, 5.74) is 0. The van der Waals surface area contributed by atoms with Crippen molar-refractivity contribution in [3.63, 3.8) is 0 Å². The van der Waals surface area contributed by atoms with E-state index in [9.17, 15) is 4.79 Å². The van der Waals surface area contributed by atoms with Gasteiger partial charge in [-0.3, -0.25) is 4.79 Å². The van der Waals surface area contributed by atoms with E-state index in [2.05, 4.69) is 17.4 Å². The average molecular weight is 294 g/mol. The van der Waals surface area contributed by atoms with Crippen LogP contribution in [-0.2, 0) is 9.53 Å². The van der Waals surface area contributed by atoms with E-state index in [1.165, 1.54) is 4.90 Å². The average Bonchev–Trinajstić information content (AvgIpc) is 2.52. The van der Waals surface area contributed by atoms with Crippen LogP contribution in [-0.4, -0.2) is 55.4 Å². The fourth-order valence-electron chi connectivity index (χ4n) is 2.11. The van der Waals surface area contributed by atoms with Crippen LogP contribution in [0.15, 0.2) is 35.2 Å². The van der Waals surface area contributed by atoms with E-state index in [1.807, 2.05) is 30.0 Å². The summed E-state index contributed by atoms with van der Waals surface area (Å²) in [5, 5.41) is 3.30. The number of thioether (sulfide) groups is 1. The summed E-state index contributed by atoms with van der Waals surface area (Å²) in [5.74, 6) is 1.14. The molecule has 0 aliphatic carbocycles. The zero-order valence-electron chi connectivity index (χ0n) is 11.9. The van der Waals surface area contributed by atoms with E-state index < -0.39 is 0 Å². The molecule has 0 bridgehead atoms. The van der Waals surface area contributed by atoms with Crippen molar-refractivity contribution in [3.8, 4) is 0 Å². The molecule has 1 amide bonds. The highest BCUT2D eigenvalue weighted by Gasteiger charge is 2.21. The minimum absolute atomic E-state index is 0.121. The minimum atomic E-state index is -0.121. The van der Waals surface area contributed by atoms with Crippen molar-refractivity contribution >= 4 is 17.7 Å². The number of hydrogen-bond acceptors (Lipinski definition) is 4. The monoisotopic (exact) mass is 294 g/mol. The van der Waals surface area contributed by atoms with Crippen LogP contribution in [0.5, 0.6) is 0 Å². The second kappa shape index (κ2) is 8.29. The molecule has 4 nitrogen and oxygen atoms in total. The SMILES string of the molecule is CC(NCCSc1ccccc1)C(=O)N1CCOCC1. The van der Waals surface area contributed by atoms with Crippen molar-refractivity contribution in [2.45, 2.75) is 17.9 Å². The summed E-state index contributed by atoms with van der Waals surface area (Å²) in [6.45, 7) is 5.50.